The van der Waals surface area contributed by atoms with Gasteiger partial charge in [0.25, 0.3) is 0 Å². The molecule has 0 saturated heterocycles. The highest BCUT2D eigenvalue weighted by molar-refractivity contribution is 5.59. The second-order valence-electron chi connectivity index (χ2n) is 5.05. The van der Waals surface area contributed by atoms with Gasteiger partial charge in [-0.1, -0.05) is 6.07 Å². The maximum absolute atomic E-state index is 13.6. The second kappa shape index (κ2) is 6.43. The van der Waals surface area contributed by atoms with Crippen LogP contribution < -0.4 is 15.8 Å². The highest BCUT2D eigenvalue weighted by Crippen LogP contribution is 2.24. The lowest BCUT2D eigenvalue weighted by Crippen LogP contribution is -2.07. The summed E-state index contributed by atoms with van der Waals surface area (Å²) in [6.45, 7) is 4.07. The topological polar surface area (TPSA) is 47.3 Å². The quantitative estimate of drug-likeness (QED) is 0.820. The molecule has 2 aromatic rings. The molecule has 0 fully saturated rings. The molecule has 0 atom stereocenters. The molecule has 2 rings (SSSR count). The molecule has 0 bridgehead atoms. The summed E-state index contributed by atoms with van der Waals surface area (Å²) in [5.41, 5.74) is 7.46. The van der Waals surface area contributed by atoms with Gasteiger partial charge in [-0.3, -0.25) is 0 Å². The number of halogens is 2. The fourth-order valence-corrected chi connectivity index (χ4v) is 1.93. The minimum Gasteiger partial charge on any atom is -0.491 e. The number of benzene rings is 2. The fourth-order valence-electron chi connectivity index (χ4n) is 1.93. The van der Waals surface area contributed by atoms with Crippen LogP contribution in [0.3, 0.4) is 0 Å². The van der Waals surface area contributed by atoms with Gasteiger partial charge in [0.1, 0.15) is 17.4 Å². The molecule has 0 aromatic heterocycles. The highest BCUT2D eigenvalue weighted by atomic mass is 19.1. The number of ether oxygens (including phenoxy) is 1. The van der Waals surface area contributed by atoms with E-state index in [-0.39, 0.29) is 12.6 Å². The number of nitrogens with one attached hydrogen (secondary N) is 1. The first-order valence-electron chi connectivity index (χ1n) is 6.69. The smallest absolute Gasteiger partial charge is 0.131 e. The third-order valence-corrected chi connectivity index (χ3v) is 2.80. The molecule has 0 radical (unpaired) electrons. The zero-order valence-electron chi connectivity index (χ0n) is 12.0. The van der Waals surface area contributed by atoms with E-state index in [1.807, 2.05) is 13.8 Å². The van der Waals surface area contributed by atoms with E-state index in [1.165, 1.54) is 12.1 Å². The monoisotopic (exact) mass is 292 g/mol. The van der Waals surface area contributed by atoms with E-state index in [0.29, 0.717) is 17.0 Å². The van der Waals surface area contributed by atoms with Crippen molar-refractivity contribution in [2.24, 2.45) is 0 Å². The van der Waals surface area contributed by atoms with Crippen molar-refractivity contribution in [2.75, 3.05) is 11.1 Å². The van der Waals surface area contributed by atoms with Gasteiger partial charge in [0.05, 0.1) is 6.10 Å². The Morgan fingerprint density at radius 3 is 2.57 bits per heavy atom. The molecule has 21 heavy (non-hydrogen) atoms. The van der Waals surface area contributed by atoms with Gasteiger partial charge in [-0.05, 0) is 26.0 Å². The first-order valence-corrected chi connectivity index (χ1v) is 6.69. The summed E-state index contributed by atoms with van der Waals surface area (Å²) >= 11 is 0. The summed E-state index contributed by atoms with van der Waals surface area (Å²) < 4.78 is 32.0. The van der Waals surface area contributed by atoms with Crippen molar-refractivity contribution in [3.8, 4) is 5.75 Å². The molecular weight excluding hydrogens is 274 g/mol. The molecule has 0 spiro atoms. The summed E-state index contributed by atoms with van der Waals surface area (Å²) in [5.74, 6) is -0.523. The highest BCUT2D eigenvalue weighted by Gasteiger charge is 2.06. The zero-order valence-corrected chi connectivity index (χ0v) is 12.0. The van der Waals surface area contributed by atoms with Gasteiger partial charge in [-0.15, -0.1) is 0 Å². The van der Waals surface area contributed by atoms with E-state index >= 15 is 0 Å². The number of anilines is 2. The van der Waals surface area contributed by atoms with Gasteiger partial charge in [0.2, 0.25) is 0 Å². The maximum Gasteiger partial charge on any atom is 0.131 e. The van der Waals surface area contributed by atoms with Crippen LogP contribution in [0.5, 0.6) is 5.75 Å². The normalized spacial score (nSPS) is 10.7. The first-order chi connectivity index (χ1) is 9.94. The second-order valence-corrected chi connectivity index (χ2v) is 5.05. The van der Waals surface area contributed by atoms with Crippen molar-refractivity contribution in [1.82, 2.24) is 0 Å². The van der Waals surface area contributed by atoms with E-state index in [2.05, 4.69) is 5.32 Å². The molecule has 3 N–H and O–H groups in total. The Bertz CT molecular complexity index is 630. The third-order valence-electron chi connectivity index (χ3n) is 2.80. The van der Waals surface area contributed by atoms with E-state index in [4.69, 9.17) is 10.5 Å². The van der Waals surface area contributed by atoms with Crippen LogP contribution in [0.4, 0.5) is 20.2 Å². The molecule has 3 nitrogen and oxygen atoms in total. The van der Waals surface area contributed by atoms with Gasteiger partial charge < -0.3 is 15.8 Å². The molecule has 0 unspecified atom stereocenters. The first kappa shape index (κ1) is 15.1. The van der Waals surface area contributed by atoms with Gasteiger partial charge in [0, 0.05) is 41.7 Å². The van der Waals surface area contributed by atoms with Crippen LogP contribution in [0.15, 0.2) is 36.4 Å². The Kier molecular flexibility index (Phi) is 4.62. The molecule has 0 aliphatic rings. The summed E-state index contributed by atoms with van der Waals surface area (Å²) in [6.07, 6.45) is 0.0363. The van der Waals surface area contributed by atoms with E-state index in [1.54, 1.807) is 18.2 Å². The molecule has 2 aromatic carbocycles. The van der Waals surface area contributed by atoms with Crippen LogP contribution in [-0.4, -0.2) is 6.10 Å². The molecule has 112 valence electrons. The maximum atomic E-state index is 13.6. The number of nitrogens with two attached hydrogens (primary N) is 1. The third kappa shape index (κ3) is 4.34. The Labute approximate surface area is 122 Å². The van der Waals surface area contributed by atoms with Gasteiger partial charge >= 0.3 is 0 Å². The minimum atomic E-state index is -0.590. The fraction of sp³-hybridized carbons (Fsp3) is 0.250. The lowest BCUT2D eigenvalue weighted by atomic mass is 10.2. The number of nitrogen functional groups attached to an aromatic ring is 1. The SMILES string of the molecule is CC(C)Oc1cc(N)cc(NCc2ccc(F)cc2F)c1. The molecular formula is C16H18F2N2O. The van der Waals surface area contributed by atoms with Crippen molar-refractivity contribution >= 4 is 11.4 Å². The van der Waals surface area contributed by atoms with Crippen molar-refractivity contribution in [3.63, 3.8) is 0 Å². The average Bonchev–Trinajstić information content (AvgIpc) is 2.36. The predicted octanol–water partition coefficient (Wildman–Crippen LogP) is 3.95. The van der Waals surface area contributed by atoms with E-state index in [0.717, 1.165) is 11.8 Å². The predicted molar refractivity (Wildman–Crippen MR) is 80.3 cm³/mol. The Balaban J connectivity index is 2.10. The summed E-state index contributed by atoms with van der Waals surface area (Å²) in [4.78, 5) is 0. The Morgan fingerprint density at radius 1 is 1.14 bits per heavy atom. The van der Waals surface area contributed by atoms with Gasteiger partial charge in [-0.2, -0.15) is 0 Å². The van der Waals surface area contributed by atoms with Crippen molar-refractivity contribution in [1.29, 1.82) is 0 Å². The zero-order chi connectivity index (χ0) is 15.4. The van der Waals surface area contributed by atoms with Crippen LogP contribution in [-0.2, 0) is 6.54 Å². The van der Waals surface area contributed by atoms with Crippen LogP contribution in [0.1, 0.15) is 19.4 Å². The Hall–Kier alpha value is -2.30. The lowest BCUT2D eigenvalue weighted by molar-refractivity contribution is 0.242. The molecule has 5 heteroatoms. The number of hydrogen-bond donors (Lipinski definition) is 2. The molecule has 0 aliphatic heterocycles. The van der Waals surface area contributed by atoms with E-state index < -0.39 is 11.6 Å². The van der Waals surface area contributed by atoms with Crippen molar-refractivity contribution in [2.45, 2.75) is 26.5 Å². The summed E-state index contributed by atoms with van der Waals surface area (Å²) in [7, 11) is 0. The van der Waals surface area contributed by atoms with Crippen LogP contribution in [0, 0.1) is 11.6 Å². The van der Waals surface area contributed by atoms with E-state index in [9.17, 15) is 8.78 Å². The van der Waals surface area contributed by atoms with Gasteiger partial charge in [0.15, 0.2) is 0 Å². The molecule has 0 aliphatic carbocycles. The Morgan fingerprint density at radius 2 is 1.90 bits per heavy atom. The standard InChI is InChI=1S/C16H18F2N2O/c1-10(2)21-15-7-13(19)6-14(8-15)20-9-11-3-4-12(17)5-16(11)18/h3-8,10,20H,9,19H2,1-2H3. The van der Waals surface area contributed by atoms with Crippen LogP contribution in [0.25, 0.3) is 0 Å². The van der Waals surface area contributed by atoms with Crippen LogP contribution >= 0.6 is 0 Å². The largest absolute Gasteiger partial charge is 0.491 e. The van der Waals surface area contributed by atoms with Gasteiger partial charge in [-0.25, -0.2) is 8.78 Å². The number of rotatable bonds is 5. The summed E-state index contributed by atoms with van der Waals surface area (Å²) in [6, 6.07) is 8.75. The molecule has 0 amide bonds. The van der Waals surface area contributed by atoms with Crippen molar-refractivity contribution < 1.29 is 13.5 Å². The lowest BCUT2D eigenvalue weighted by Gasteiger charge is -2.13. The molecule has 0 heterocycles. The van der Waals surface area contributed by atoms with Crippen LogP contribution in [0.2, 0.25) is 0 Å². The van der Waals surface area contributed by atoms with Crippen molar-refractivity contribution in [3.05, 3.63) is 53.6 Å². The average molecular weight is 292 g/mol. The molecule has 0 saturated carbocycles. The number of hydrogen-bond acceptors (Lipinski definition) is 3. The minimum absolute atomic E-state index is 0.0363. The summed E-state index contributed by atoms with van der Waals surface area (Å²) in [5, 5.41) is 3.05.